The van der Waals surface area contributed by atoms with Crippen LogP contribution in [0, 0.1) is 0 Å². The van der Waals surface area contributed by atoms with Gasteiger partial charge in [0.1, 0.15) is 5.75 Å². The Morgan fingerprint density at radius 1 is 1.44 bits per heavy atom. The number of methoxy groups -OCH3 is 1. The fourth-order valence-electron chi connectivity index (χ4n) is 1.97. The van der Waals surface area contributed by atoms with Gasteiger partial charge in [-0.1, -0.05) is 11.6 Å². The molecule has 4 nitrogen and oxygen atoms in total. The summed E-state index contributed by atoms with van der Waals surface area (Å²) in [7, 11) is 1.61. The molecule has 82 valence electrons. The zero-order valence-corrected chi connectivity index (χ0v) is 9.43. The molecule has 5 heteroatoms. The molecule has 0 atom stereocenters. The van der Waals surface area contributed by atoms with E-state index in [1.54, 1.807) is 13.3 Å². The topological polar surface area (TPSA) is 49.9 Å². The van der Waals surface area contributed by atoms with Crippen LogP contribution < -0.4 is 10.1 Å². The van der Waals surface area contributed by atoms with E-state index in [0.717, 1.165) is 29.1 Å². The number of anilines is 1. The molecule has 2 heterocycles. The van der Waals surface area contributed by atoms with Crippen molar-refractivity contribution in [2.45, 2.75) is 6.54 Å². The van der Waals surface area contributed by atoms with E-state index in [1.165, 1.54) is 0 Å². The summed E-state index contributed by atoms with van der Waals surface area (Å²) in [5.41, 5.74) is 4.05. The first-order chi connectivity index (χ1) is 7.81. The van der Waals surface area contributed by atoms with E-state index in [1.807, 2.05) is 12.1 Å². The smallest absolute Gasteiger partial charge is 0.138 e. The van der Waals surface area contributed by atoms with Gasteiger partial charge in [-0.3, -0.25) is 5.10 Å². The zero-order valence-electron chi connectivity index (χ0n) is 8.67. The van der Waals surface area contributed by atoms with Crippen molar-refractivity contribution in [2.75, 3.05) is 12.4 Å². The van der Waals surface area contributed by atoms with E-state index in [0.29, 0.717) is 10.8 Å². The number of benzene rings is 1. The van der Waals surface area contributed by atoms with Crippen LogP contribution >= 0.6 is 11.6 Å². The average molecular weight is 236 g/mol. The van der Waals surface area contributed by atoms with E-state index < -0.39 is 0 Å². The van der Waals surface area contributed by atoms with E-state index in [-0.39, 0.29) is 0 Å². The Labute approximate surface area is 97.6 Å². The van der Waals surface area contributed by atoms with Crippen LogP contribution in [-0.4, -0.2) is 17.3 Å². The second kappa shape index (κ2) is 3.42. The molecular formula is C11H10ClN3O. The lowest BCUT2D eigenvalue weighted by Gasteiger charge is -2.20. The highest BCUT2D eigenvalue weighted by Gasteiger charge is 2.22. The van der Waals surface area contributed by atoms with Crippen LogP contribution in [0.15, 0.2) is 18.3 Å². The molecule has 0 bridgehead atoms. The molecule has 0 fully saturated rings. The molecule has 0 amide bonds. The van der Waals surface area contributed by atoms with Gasteiger partial charge < -0.3 is 10.1 Å². The molecule has 0 saturated carbocycles. The molecule has 1 aliphatic heterocycles. The number of nitrogens with zero attached hydrogens (tertiary/aromatic N) is 1. The van der Waals surface area contributed by atoms with Crippen molar-refractivity contribution in [1.82, 2.24) is 10.2 Å². The highest BCUT2D eigenvalue weighted by atomic mass is 35.5. The molecule has 1 aliphatic rings. The molecule has 0 spiro atoms. The first kappa shape index (κ1) is 9.54. The van der Waals surface area contributed by atoms with Gasteiger partial charge in [-0.25, -0.2) is 0 Å². The number of ether oxygens (including phenoxy) is 1. The minimum Gasteiger partial charge on any atom is -0.495 e. The molecule has 1 aromatic heterocycles. The maximum absolute atomic E-state index is 6.30. The first-order valence-electron chi connectivity index (χ1n) is 4.94. The summed E-state index contributed by atoms with van der Waals surface area (Å²) in [6, 6.07) is 3.83. The minimum absolute atomic E-state index is 0.620. The van der Waals surface area contributed by atoms with Gasteiger partial charge in [-0.15, -0.1) is 0 Å². The molecule has 0 radical (unpaired) electrons. The Bertz CT molecular complexity index is 550. The third-order valence-electron chi connectivity index (χ3n) is 2.77. The lowest BCUT2D eigenvalue weighted by Crippen LogP contribution is -2.08. The number of rotatable bonds is 1. The SMILES string of the molecule is COc1ccc2c(c1Cl)-c1cn[nH]c1CN2. The Morgan fingerprint density at radius 2 is 2.31 bits per heavy atom. The predicted octanol–water partition coefficient (Wildman–Crippen LogP) is 2.66. The van der Waals surface area contributed by atoms with Gasteiger partial charge in [-0.05, 0) is 12.1 Å². The van der Waals surface area contributed by atoms with Crippen molar-refractivity contribution in [1.29, 1.82) is 0 Å². The van der Waals surface area contributed by atoms with Gasteiger partial charge in [0.15, 0.2) is 0 Å². The molecule has 2 aromatic rings. The molecule has 16 heavy (non-hydrogen) atoms. The summed E-state index contributed by atoms with van der Waals surface area (Å²) >= 11 is 6.30. The third kappa shape index (κ3) is 1.20. The van der Waals surface area contributed by atoms with Crippen molar-refractivity contribution in [3.8, 4) is 16.9 Å². The number of aromatic amines is 1. The number of fused-ring (bicyclic) bond motifs is 3. The largest absolute Gasteiger partial charge is 0.495 e. The summed E-state index contributed by atoms with van der Waals surface area (Å²) < 4.78 is 5.21. The number of aromatic nitrogens is 2. The van der Waals surface area contributed by atoms with Gasteiger partial charge >= 0.3 is 0 Å². The Balaban J connectivity index is 2.29. The van der Waals surface area contributed by atoms with Crippen molar-refractivity contribution in [3.05, 3.63) is 29.0 Å². The number of hydrogen-bond donors (Lipinski definition) is 2. The third-order valence-corrected chi connectivity index (χ3v) is 3.14. The van der Waals surface area contributed by atoms with E-state index in [9.17, 15) is 0 Å². The first-order valence-corrected chi connectivity index (χ1v) is 5.32. The van der Waals surface area contributed by atoms with Crippen molar-refractivity contribution >= 4 is 17.3 Å². The minimum atomic E-state index is 0.620. The monoisotopic (exact) mass is 235 g/mol. The molecule has 0 aliphatic carbocycles. The van der Waals surface area contributed by atoms with Crippen LogP contribution in [0.1, 0.15) is 5.69 Å². The van der Waals surface area contributed by atoms with Crippen LogP contribution in [0.25, 0.3) is 11.1 Å². The predicted molar refractivity (Wildman–Crippen MR) is 62.9 cm³/mol. The lowest BCUT2D eigenvalue weighted by atomic mass is 10.0. The van der Waals surface area contributed by atoms with E-state index in [2.05, 4.69) is 15.5 Å². The summed E-state index contributed by atoms with van der Waals surface area (Å²) in [6.45, 7) is 0.741. The van der Waals surface area contributed by atoms with Crippen LogP contribution in [0.3, 0.4) is 0 Å². The molecule has 0 saturated heterocycles. The summed E-state index contributed by atoms with van der Waals surface area (Å²) in [6.07, 6.45) is 1.79. The van der Waals surface area contributed by atoms with Gasteiger partial charge in [0.25, 0.3) is 0 Å². The molecule has 0 unspecified atom stereocenters. The second-order valence-corrected chi connectivity index (χ2v) is 4.00. The lowest BCUT2D eigenvalue weighted by molar-refractivity contribution is 0.415. The second-order valence-electron chi connectivity index (χ2n) is 3.62. The molecule has 3 rings (SSSR count). The number of H-pyrrole nitrogens is 1. The van der Waals surface area contributed by atoms with Crippen molar-refractivity contribution in [2.24, 2.45) is 0 Å². The zero-order chi connectivity index (χ0) is 11.1. The highest BCUT2D eigenvalue weighted by molar-refractivity contribution is 6.35. The van der Waals surface area contributed by atoms with Gasteiger partial charge in [0.05, 0.1) is 30.6 Å². The molecule has 2 N–H and O–H groups in total. The van der Waals surface area contributed by atoms with Gasteiger partial charge in [0.2, 0.25) is 0 Å². The van der Waals surface area contributed by atoms with Gasteiger partial charge in [0, 0.05) is 16.8 Å². The van der Waals surface area contributed by atoms with Crippen LogP contribution in [0.5, 0.6) is 5.75 Å². The fourth-order valence-corrected chi connectivity index (χ4v) is 2.32. The van der Waals surface area contributed by atoms with Crippen LogP contribution in [0.4, 0.5) is 5.69 Å². The Hall–Kier alpha value is -1.68. The maximum Gasteiger partial charge on any atom is 0.138 e. The van der Waals surface area contributed by atoms with Crippen molar-refractivity contribution < 1.29 is 4.74 Å². The summed E-state index contributed by atoms with van der Waals surface area (Å²) in [5.74, 6) is 0.677. The van der Waals surface area contributed by atoms with Crippen LogP contribution in [0.2, 0.25) is 5.02 Å². The Kier molecular flexibility index (Phi) is 2.04. The van der Waals surface area contributed by atoms with Gasteiger partial charge in [-0.2, -0.15) is 5.10 Å². The Morgan fingerprint density at radius 3 is 3.12 bits per heavy atom. The average Bonchev–Trinajstić information content (AvgIpc) is 2.77. The van der Waals surface area contributed by atoms with Crippen LogP contribution in [-0.2, 0) is 6.54 Å². The molecule has 1 aromatic carbocycles. The highest BCUT2D eigenvalue weighted by Crippen LogP contribution is 2.43. The maximum atomic E-state index is 6.30. The molecular weight excluding hydrogens is 226 g/mol. The number of hydrogen-bond acceptors (Lipinski definition) is 3. The number of halogens is 1. The standard InChI is InChI=1S/C11H10ClN3O/c1-16-9-3-2-7-10(11(9)12)6-4-14-15-8(6)5-13-7/h2-4,13H,5H2,1H3,(H,14,15). The summed E-state index contributed by atoms with van der Waals surface area (Å²) in [5, 5.41) is 10.9. The quantitative estimate of drug-likeness (QED) is 0.799. The normalized spacial score (nSPS) is 12.6. The van der Waals surface area contributed by atoms with E-state index >= 15 is 0 Å². The van der Waals surface area contributed by atoms with E-state index in [4.69, 9.17) is 16.3 Å². The van der Waals surface area contributed by atoms with Crippen molar-refractivity contribution in [3.63, 3.8) is 0 Å². The number of nitrogens with one attached hydrogen (secondary N) is 2. The fraction of sp³-hybridized carbons (Fsp3) is 0.182. The summed E-state index contributed by atoms with van der Waals surface area (Å²) in [4.78, 5) is 0.